The van der Waals surface area contributed by atoms with Gasteiger partial charge in [0.1, 0.15) is 0 Å². The lowest BCUT2D eigenvalue weighted by Gasteiger charge is -2.48. The summed E-state index contributed by atoms with van der Waals surface area (Å²) in [6.45, 7) is 8.96. The van der Waals surface area contributed by atoms with E-state index in [4.69, 9.17) is 5.11 Å². The van der Waals surface area contributed by atoms with E-state index in [9.17, 15) is 14.3 Å². The van der Waals surface area contributed by atoms with Gasteiger partial charge in [-0.25, -0.2) is 9.18 Å². The van der Waals surface area contributed by atoms with Crippen molar-refractivity contribution in [2.45, 2.75) is 46.5 Å². The molecule has 4 heteroatoms. The number of aromatic hydroxyl groups is 1. The van der Waals surface area contributed by atoms with Crippen molar-refractivity contribution < 1.29 is 19.4 Å². The normalized spacial score (nSPS) is 21.8. The summed E-state index contributed by atoms with van der Waals surface area (Å²) >= 11 is 0. The van der Waals surface area contributed by atoms with Gasteiger partial charge in [0.25, 0.3) is 0 Å². The predicted molar refractivity (Wildman–Crippen MR) is 119 cm³/mol. The van der Waals surface area contributed by atoms with Crippen LogP contribution in [0.15, 0.2) is 54.1 Å². The zero-order chi connectivity index (χ0) is 22.1. The van der Waals surface area contributed by atoms with Crippen molar-refractivity contribution in [1.29, 1.82) is 0 Å². The fourth-order valence-electron chi connectivity index (χ4n) is 5.14. The summed E-state index contributed by atoms with van der Waals surface area (Å²) in [5.41, 5.74) is 3.98. The Morgan fingerprint density at radius 3 is 2.30 bits per heavy atom. The molecular weight excluding hydrogens is 379 g/mol. The number of carbonyl (C=O) groups is 1. The third-order valence-electron chi connectivity index (χ3n) is 5.78. The van der Waals surface area contributed by atoms with Gasteiger partial charge in [-0.2, -0.15) is 0 Å². The van der Waals surface area contributed by atoms with Gasteiger partial charge in [-0.05, 0) is 58.6 Å². The molecule has 0 bridgehead atoms. The van der Waals surface area contributed by atoms with Crippen molar-refractivity contribution in [2.24, 2.45) is 10.8 Å². The average Bonchev–Trinajstić information content (AvgIpc) is 2.62. The topological polar surface area (TPSA) is 57.5 Å². The molecule has 0 spiro atoms. The van der Waals surface area contributed by atoms with Crippen LogP contribution < -0.4 is 0 Å². The summed E-state index contributed by atoms with van der Waals surface area (Å²) in [6.07, 6.45) is 6.75. The Balaban J connectivity index is 2.03. The minimum absolute atomic E-state index is 0.0345. The SMILES string of the molecule is CC1(C)CC(=Cc2ccc(/C=C/C(=O)O)cc2)C(c2ccc(O)c(F)c2)C(C)(C)C1. The third kappa shape index (κ3) is 4.99. The summed E-state index contributed by atoms with van der Waals surface area (Å²) < 4.78 is 14.1. The van der Waals surface area contributed by atoms with Gasteiger partial charge in [-0.1, -0.05) is 69.7 Å². The molecule has 30 heavy (non-hydrogen) atoms. The molecule has 0 saturated heterocycles. The van der Waals surface area contributed by atoms with Gasteiger partial charge in [0, 0.05) is 12.0 Å². The highest BCUT2D eigenvalue weighted by molar-refractivity contribution is 5.85. The number of aliphatic carboxylic acids is 1. The largest absolute Gasteiger partial charge is 0.505 e. The predicted octanol–water partition coefficient (Wildman–Crippen LogP) is 6.64. The van der Waals surface area contributed by atoms with Crippen LogP contribution in [0.25, 0.3) is 12.2 Å². The second-order valence-corrected chi connectivity index (χ2v) is 9.71. The van der Waals surface area contributed by atoms with Crippen LogP contribution in [0.3, 0.4) is 0 Å². The van der Waals surface area contributed by atoms with Crippen LogP contribution in [-0.2, 0) is 4.79 Å². The lowest BCUT2D eigenvalue weighted by Crippen LogP contribution is -2.36. The quantitative estimate of drug-likeness (QED) is 0.557. The minimum atomic E-state index is -0.975. The van der Waals surface area contributed by atoms with Gasteiger partial charge in [0.2, 0.25) is 0 Å². The zero-order valence-corrected chi connectivity index (χ0v) is 17.9. The maximum atomic E-state index is 14.1. The summed E-state index contributed by atoms with van der Waals surface area (Å²) in [4.78, 5) is 10.7. The molecule has 0 amide bonds. The summed E-state index contributed by atoms with van der Waals surface area (Å²) in [6, 6.07) is 12.4. The van der Waals surface area contributed by atoms with Crippen LogP contribution in [0.4, 0.5) is 4.39 Å². The molecule has 3 rings (SSSR count). The van der Waals surface area contributed by atoms with E-state index in [0.717, 1.165) is 35.6 Å². The van der Waals surface area contributed by atoms with Crippen molar-refractivity contribution in [1.82, 2.24) is 0 Å². The summed E-state index contributed by atoms with van der Waals surface area (Å²) in [5.74, 6) is -1.87. The highest BCUT2D eigenvalue weighted by atomic mass is 19.1. The number of rotatable bonds is 4. The second-order valence-electron chi connectivity index (χ2n) is 9.71. The van der Waals surface area contributed by atoms with Gasteiger partial charge in [0.15, 0.2) is 11.6 Å². The highest BCUT2D eigenvalue weighted by Crippen LogP contribution is 2.56. The molecule has 0 radical (unpaired) electrons. The number of hydrogen-bond donors (Lipinski definition) is 2. The molecule has 2 aromatic carbocycles. The first kappa shape index (κ1) is 21.8. The molecule has 2 aromatic rings. The molecule has 1 fully saturated rings. The number of carboxylic acid groups (broad SMARTS) is 1. The molecule has 1 atom stereocenters. The Hall–Kier alpha value is -2.88. The Bertz CT molecular complexity index is 997. The monoisotopic (exact) mass is 408 g/mol. The maximum absolute atomic E-state index is 14.1. The Morgan fingerprint density at radius 2 is 1.70 bits per heavy atom. The number of phenols is 1. The van der Waals surface area contributed by atoms with Crippen molar-refractivity contribution in [3.05, 3.63) is 76.6 Å². The fourth-order valence-corrected chi connectivity index (χ4v) is 5.14. The van der Waals surface area contributed by atoms with Gasteiger partial charge < -0.3 is 10.2 Å². The van der Waals surface area contributed by atoms with Crippen molar-refractivity contribution in [3.8, 4) is 5.75 Å². The third-order valence-corrected chi connectivity index (χ3v) is 5.78. The van der Waals surface area contributed by atoms with Gasteiger partial charge in [-0.3, -0.25) is 0 Å². The van der Waals surface area contributed by atoms with Crippen molar-refractivity contribution >= 4 is 18.1 Å². The lowest BCUT2D eigenvalue weighted by molar-refractivity contribution is -0.131. The smallest absolute Gasteiger partial charge is 0.328 e. The first-order chi connectivity index (χ1) is 14.0. The maximum Gasteiger partial charge on any atom is 0.328 e. The Morgan fingerprint density at radius 1 is 1.07 bits per heavy atom. The number of carboxylic acids is 1. The number of phenolic OH excluding ortho intramolecular Hbond substituents is 1. The molecule has 0 aromatic heterocycles. The van der Waals surface area contributed by atoms with Crippen LogP contribution in [0.1, 0.15) is 63.1 Å². The first-order valence-corrected chi connectivity index (χ1v) is 10.2. The molecule has 1 saturated carbocycles. The van der Waals surface area contributed by atoms with E-state index in [1.165, 1.54) is 17.7 Å². The van der Waals surface area contributed by atoms with E-state index in [1.807, 2.05) is 30.3 Å². The number of hydrogen-bond acceptors (Lipinski definition) is 2. The molecule has 2 N–H and O–H groups in total. The molecular formula is C26H29FO3. The molecule has 158 valence electrons. The van der Waals surface area contributed by atoms with Gasteiger partial charge in [-0.15, -0.1) is 0 Å². The Labute approximate surface area is 177 Å². The van der Waals surface area contributed by atoms with E-state index in [2.05, 4.69) is 33.8 Å². The highest BCUT2D eigenvalue weighted by Gasteiger charge is 2.43. The summed E-state index contributed by atoms with van der Waals surface area (Å²) in [7, 11) is 0. The zero-order valence-electron chi connectivity index (χ0n) is 17.9. The van der Waals surface area contributed by atoms with Crippen LogP contribution in [-0.4, -0.2) is 16.2 Å². The summed E-state index contributed by atoms with van der Waals surface area (Å²) in [5, 5.41) is 18.4. The van der Waals surface area contributed by atoms with E-state index in [0.29, 0.717) is 0 Å². The fraction of sp³-hybridized carbons (Fsp3) is 0.346. The van der Waals surface area contributed by atoms with Crippen LogP contribution in [0, 0.1) is 16.6 Å². The standard InChI is InChI=1S/C26H29FO3/c1-25(2)15-20(13-18-7-5-17(6-8-18)9-12-23(29)30)24(26(3,4)16-25)19-10-11-22(28)21(27)14-19/h5-14,24,28H,15-16H2,1-4H3,(H,29,30)/b12-9+,20-13?. The minimum Gasteiger partial charge on any atom is -0.505 e. The Kier molecular flexibility index (Phi) is 5.89. The van der Waals surface area contributed by atoms with E-state index in [1.54, 1.807) is 6.08 Å². The molecule has 1 aliphatic carbocycles. The first-order valence-electron chi connectivity index (χ1n) is 10.2. The lowest BCUT2D eigenvalue weighted by atomic mass is 9.56. The molecule has 0 heterocycles. The van der Waals surface area contributed by atoms with E-state index >= 15 is 0 Å². The van der Waals surface area contributed by atoms with Crippen molar-refractivity contribution in [2.75, 3.05) is 0 Å². The van der Waals surface area contributed by atoms with E-state index < -0.39 is 11.8 Å². The number of benzene rings is 2. The number of halogens is 1. The van der Waals surface area contributed by atoms with E-state index in [-0.39, 0.29) is 22.5 Å². The molecule has 1 aliphatic rings. The molecule has 1 unspecified atom stereocenters. The number of allylic oxidation sites excluding steroid dienone is 1. The van der Waals surface area contributed by atoms with Crippen molar-refractivity contribution in [3.63, 3.8) is 0 Å². The van der Waals surface area contributed by atoms with Gasteiger partial charge in [0.05, 0.1) is 0 Å². The molecule has 3 nitrogen and oxygen atoms in total. The van der Waals surface area contributed by atoms with Crippen LogP contribution >= 0.6 is 0 Å². The van der Waals surface area contributed by atoms with Crippen LogP contribution in [0.2, 0.25) is 0 Å². The van der Waals surface area contributed by atoms with Crippen LogP contribution in [0.5, 0.6) is 5.75 Å². The van der Waals surface area contributed by atoms with Gasteiger partial charge >= 0.3 is 5.97 Å². The second kappa shape index (κ2) is 8.10. The molecule has 0 aliphatic heterocycles. The average molecular weight is 409 g/mol.